The third kappa shape index (κ3) is 4.65. The Labute approximate surface area is 172 Å². The molecule has 7 heteroatoms. The Morgan fingerprint density at radius 3 is 2.67 bits per heavy atom. The normalized spacial score (nSPS) is 19.6. The molecular weight excluding hydrogens is 383 g/mol. The minimum absolute atomic E-state index is 0. The molecule has 148 valence electrons. The van der Waals surface area contributed by atoms with Gasteiger partial charge in [-0.2, -0.15) is 5.10 Å². The molecule has 0 spiro atoms. The van der Waals surface area contributed by atoms with E-state index < -0.39 is 0 Å². The van der Waals surface area contributed by atoms with Crippen molar-refractivity contribution in [2.45, 2.75) is 51.6 Å². The van der Waals surface area contributed by atoms with Crippen molar-refractivity contribution in [2.75, 3.05) is 6.54 Å². The lowest BCUT2D eigenvalue weighted by Crippen LogP contribution is -2.40. The van der Waals surface area contributed by atoms with Crippen molar-refractivity contribution in [3.8, 4) is 11.3 Å². The predicted molar refractivity (Wildman–Crippen MR) is 113 cm³/mol. The molecule has 0 radical (unpaired) electrons. The zero-order chi connectivity index (χ0) is 18.9. The molecule has 3 rings (SSSR count). The van der Waals surface area contributed by atoms with Gasteiger partial charge in [-0.25, -0.2) is 0 Å². The summed E-state index contributed by atoms with van der Waals surface area (Å²) in [7, 11) is 0. The van der Waals surface area contributed by atoms with Crippen LogP contribution in [0.3, 0.4) is 0 Å². The van der Waals surface area contributed by atoms with Crippen LogP contribution in [-0.2, 0) is 5.54 Å². The van der Waals surface area contributed by atoms with Gasteiger partial charge >= 0.3 is 0 Å². The molecule has 0 aliphatic heterocycles. The maximum absolute atomic E-state index is 13.1. The van der Waals surface area contributed by atoms with Crippen molar-refractivity contribution in [1.29, 1.82) is 0 Å². The summed E-state index contributed by atoms with van der Waals surface area (Å²) in [4.78, 5) is 13.1. The van der Waals surface area contributed by atoms with Crippen LogP contribution in [0.2, 0.25) is 5.02 Å². The molecular formula is C20H28Cl2N4O. The van der Waals surface area contributed by atoms with E-state index in [9.17, 15) is 4.79 Å². The van der Waals surface area contributed by atoms with E-state index in [2.05, 4.69) is 26.1 Å². The highest BCUT2D eigenvalue weighted by Gasteiger charge is 2.30. The largest absolute Gasteiger partial charge is 0.349 e. The van der Waals surface area contributed by atoms with Crippen LogP contribution in [0.5, 0.6) is 0 Å². The van der Waals surface area contributed by atoms with Gasteiger partial charge in [0.1, 0.15) is 5.69 Å². The highest BCUT2D eigenvalue weighted by molar-refractivity contribution is 6.33. The van der Waals surface area contributed by atoms with Crippen LogP contribution in [-0.4, -0.2) is 28.3 Å². The number of amides is 1. The summed E-state index contributed by atoms with van der Waals surface area (Å²) in [5.41, 5.74) is 7.56. The molecule has 1 fully saturated rings. The lowest BCUT2D eigenvalue weighted by Gasteiger charge is -2.19. The van der Waals surface area contributed by atoms with Gasteiger partial charge < -0.3 is 11.1 Å². The van der Waals surface area contributed by atoms with E-state index in [1.165, 1.54) is 0 Å². The number of aromatic nitrogens is 2. The second-order valence-corrected chi connectivity index (χ2v) is 8.40. The number of hydrogen-bond donors (Lipinski definition) is 2. The van der Waals surface area contributed by atoms with Gasteiger partial charge in [-0.3, -0.25) is 9.48 Å². The summed E-state index contributed by atoms with van der Waals surface area (Å²) >= 11 is 6.38. The first kappa shape index (κ1) is 21.7. The van der Waals surface area contributed by atoms with Crippen molar-refractivity contribution in [1.82, 2.24) is 15.1 Å². The van der Waals surface area contributed by atoms with Crippen molar-refractivity contribution >= 4 is 29.9 Å². The SMILES string of the molecule is CC(C)(C)n1cc(C(=O)NC2CCCC2CN)c(-c2ccccc2Cl)n1.Cl. The van der Waals surface area contributed by atoms with Crippen LogP contribution in [0.15, 0.2) is 30.5 Å². The molecule has 1 saturated carbocycles. The van der Waals surface area contributed by atoms with E-state index in [0.29, 0.717) is 28.7 Å². The highest BCUT2D eigenvalue weighted by atomic mass is 35.5. The van der Waals surface area contributed by atoms with Crippen LogP contribution >= 0.6 is 24.0 Å². The Kier molecular flexibility index (Phi) is 6.95. The first-order chi connectivity index (χ1) is 12.3. The maximum atomic E-state index is 13.1. The fourth-order valence-corrected chi connectivity index (χ4v) is 3.72. The number of carbonyl (C=O) groups excluding carboxylic acids is 1. The Morgan fingerprint density at radius 2 is 2.04 bits per heavy atom. The van der Waals surface area contributed by atoms with Crippen molar-refractivity contribution in [2.24, 2.45) is 11.7 Å². The average molecular weight is 411 g/mol. The van der Waals surface area contributed by atoms with Gasteiger partial charge in [0, 0.05) is 17.8 Å². The van der Waals surface area contributed by atoms with Crippen LogP contribution in [0.1, 0.15) is 50.4 Å². The Bertz CT molecular complexity index is 798. The van der Waals surface area contributed by atoms with Crippen LogP contribution in [0, 0.1) is 5.92 Å². The number of nitrogens with two attached hydrogens (primary N) is 1. The number of hydrogen-bond acceptors (Lipinski definition) is 3. The summed E-state index contributed by atoms with van der Waals surface area (Å²) in [6, 6.07) is 7.62. The van der Waals surface area contributed by atoms with Crippen LogP contribution in [0.4, 0.5) is 0 Å². The van der Waals surface area contributed by atoms with Gasteiger partial charge in [0.25, 0.3) is 5.91 Å². The van der Waals surface area contributed by atoms with Gasteiger partial charge in [-0.05, 0) is 52.1 Å². The molecule has 1 aliphatic rings. The molecule has 1 aromatic heterocycles. The summed E-state index contributed by atoms with van der Waals surface area (Å²) in [5, 5.41) is 8.45. The number of halogens is 2. The summed E-state index contributed by atoms with van der Waals surface area (Å²) in [5.74, 6) is 0.237. The summed E-state index contributed by atoms with van der Waals surface area (Å²) in [6.07, 6.45) is 4.97. The molecule has 3 N–H and O–H groups in total. The standard InChI is InChI=1S/C20H27ClN4O.ClH/c1-20(2,3)25-12-15(18(24-25)14-8-4-5-9-16(14)21)19(26)23-17-10-6-7-13(17)11-22;/h4-5,8-9,12-13,17H,6-7,10-11,22H2,1-3H3,(H,23,26);1H. The molecule has 1 aromatic carbocycles. The number of carbonyl (C=O) groups is 1. The van der Waals surface area contributed by atoms with Gasteiger partial charge in [-0.15, -0.1) is 12.4 Å². The van der Waals surface area contributed by atoms with Gasteiger partial charge in [0.05, 0.1) is 16.1 Å². The quantitative estimate of drug-likeness (QED) is 0.791. The maximum Gasteiger partial charge on any atom is 0.255 e. The van der Waals surface area contributed by atoms with E-state index in [0.717, 1.165) is 24.8 Å². The number of nitrogens with zero attached hydrogens (tertiary/aromatic N) is 2. The summed E-state index contributed by atoms with van der Waals surface area (Å²) < 4.78 is 1.83. The van der Waals surface area contributed by atoms with E-state index in [1.54, 1.807) is 0 Å². The molecule has 0 saturated heterocycles. The highest BCUT2D eigenvalue weighted by Crippen LogP contribution is 2.31. The topological polar surface area (TPSA) is 72.9 Å². The Hall–Kier alpha value is -1.56. The van der Waals surface area contributed by atoms with Gasteiger partial charge in [0.15, 0.2) is 0 Å². The zero-order valence-corrected chi connectivity index (χ0v) is 17.6. The third-order valence-corrected chi connectivity index (χ3v) is 5.38. The summed E-state index contributed by atoms with van der Waals surface area (Å²) in [6.45, 7) is 6.77. The first-order valence-corrected chi connectivity index (χ1v) is 9.55. The van der Waals surface area contributed by atoms with Crippen molar-refractivity contribution < 1.29 is 4.79 Å². The second-order valence-electron chi connectivity index (χ2n) is 7.99. The zero-order valence-electron chi connectivity index (χ0n) is 16.0. The molecule has 2 aromatic rings. The van der Waals surface area contributed by atoms with Crippen molar-refractivity contribution in [3.63, 3.8) is 0 Å². The van der Waals surface area contributed by atoms with Crippen LogP contribution < -0.4 is 11.1 Å². The smallest absolute Gasteiger partial charge is 0.255 e. The molecule has 2 atom stereocenters. The fraction of sp³-hybridized carbons (Fsp3) is 0.500. The monoisotopic (exact) mass is 410 g/mol. The van der Waals surface area contributed by atoms with E-state index in [1.807, 2.05) is 35.1 Å². The van der Waals surface area contributed by atoms with Crippen LogP contribution in [0.25, 0.3) is 11.3 Å². The molecule has 2 unspecified atom stereocenters. The lowest BCUT2D eigenvalue weighted by atomic mass is 10.0. The average Bonchev–Trinajstić information content (AvgIpc) is 3.21. The molecule has 1 amide bonds. The number of rotatable bonds is 4. The molecule has 1 heterocycles. The molecule has 5 nitrogen and oxygen atoms in total. The minimum atomic E-state index is -0.234. The predicted octanol–water partition coefficient (Wildman–Crippen LogP) is 4.24. The van der Waals surface area contributed by atoms with Crippen molar-refractivity contribution in [3.05, 3.63) is 41.0 Å². The number of benzene rings is 1. The lowest BCUT2D eigenvalue weighted by molar-refractivity contribution is 0.0929. The number of nitrogens with one attached hydrogen (secondary N) is 1. The Balaban J connectivity index is 0.00000261. The third-order valence-electron chi connectivity index (χ3n) is 5.05. The van der Waals surface area contributed by atoms with Gasteiger partial charge in [-0.1, -0.05) is 36.2 Å². The second kappa shape index (κ2) is 8.63. The Morgan fingerprint density at radius 1 is 1.33 bits per heavy atom. The molecule has 27 heavy (non-hydrogen) atoms. The minimum Gasteiger partial charge on any atom is -0.349 e. The van der Waals surface area contributed by atoms with E-state index in [-0.39, 0.29) is 29.9 Å². The van der Waals surface area contributed by atoms with Gasteiger partial charge in [0.2, 0.25) is 0 Å². The van der Waals surface area contributed by atoms with E-state index in [4.69, 9.17) is 22.4 Å². The fourth-order valence-electron chi connectivity index (χ4n) is 3.49. The molecule has 1 aliphatic carbocycles. The first-order valence-electron chi connectivity index (χ1n) is 9.17. The van der Waals surface area contributed by atoms with E-state index >= 15 is 0 Å². The molecule has 0 bridgehead atoms.